The molecular formula is C26H24ClNO6. The molecule has 1 saturated heterocycles. The third-order valence-corrected chi connectivity index (χ3v) is 6.27. The highest BCUT2D eigenvalue weighted by atomic mass is 35.5. The summed E-state index contributed by atoms with van der Waals surface area (Å²) >= 11 is 6.21. The van der Waals surface area contributed by atoms with Gasteiger partial charge in [-0.25, -0.2) is 0 Å². The number of hydrogen-bond acceptors (Lipinski definition) is 6. The SMILES string of the molecule is COc1cc(/C(O)=C2\C(=O)C(=O)N(c3ccc(C)c(C)c3)C2c2ccc(C)o2)c(OC)cc1Cl. The fourth-order valence-corrected chi connectivity index (χ4v) is 4.27. The van der Waals surface area contributed by atoms with Gasteiger partial charge in [0.25, 0.3) is 11.7 Å². The maximum Gasteiger partial charge on any atom is 0.300 e. The molecule has 1 N–H and O–H groups in total. The van der Waals surface area contributed by atoms with Gasteiger partial charge in [0.15, 0.2) is 0 Å². The highest BCUT2D eigenvalue weighted by molar-refractivity contribution is 6.51. The molecule has 0 saturated carbocycles. The molecule has 0 spiro atoms. The number of aliphatic hydroxyl groups is 1. The molecule has 1 atom stereocenters. The van der Waals surface area contributed by atoms with Gasteiger partial charge < -0.3 is 19.0 Å². The lowest BCUT2D eigenvalue weighted by atomic mass is 9.98. The molecule has 7 nitrogen and oxygen atoms in total. The molecule has 2 aromatic carbocycles. The normalized spacial score (nSPS) is 17.4. The topological polar surface area (TPSA) is 89.2 Å². The second-order valence-electron chi connectivity index (χ2n) is 8.07. The minimum atomic E-state index is -0.984. The Kier molecular flexibility index (Phi) is 6.15. The lowest BCUT2D eigenvalue weighted by molar-refractivity contribution is -0.132. The predicted molar refractivity (Wildman–Crippen MR) is 129 cm³/mol. The fourth-order valence-electron chi connectivity index (χ4n) is 4.03. The molecule has 1 aliphatic heterocycles. The number of ether oxygens (including phenoxy) is 2. The number of anilines is 1. The van der Waals surface area contributed by atoms with Crippen LogP contribution < -0.4 is 14.4 Å². The number of benzene rings is 2. The molecule has 1 aromatic heterocycles. The van der Waals surface area contributed by atoms with Crippen LogP contribution in [0.2, 0.25) is 5.02 Å². The maximum atomic E-state index is 13.3. The molecule has 1 aliphatic rings. The number of ketones is 1. The quantitative estimate of drug-likeness (QED) is 0.294. The predicted octanol–water partition coefficient (Wildman–Crippen LogP) is 5.50. The van der Waals surface area contributed by atoms with Crippen LogP contribution in [0.25, 0.3) is 5.76 Å². The zero-order valence-electron chi connectivity index (χ0n) is 19.4. The molecule has 34 heavy (non-hydrogen) atoms. The van der Waals surface area contributed by atoms with Crippen LogP contribution in [0, 0.1) is 20.8 Å². The number of hydrogen-bond donors (Lipinski definition) is 1. The Morgan fingerprint density at radius 2 is 1.68 bits per heavy atom. The summed E-state index contributed by atoms with van der Waals surface area (Å²) < 4.78 is 16.5. The van der Waals surface area contributed by atoms with E-state index in [1.165, 1.54) is 31.3 Å². The van der Waals surface area contributed by atoms with Gasteiger partial charge in [-0.1, -0.05) is 17.7 Å². The van der Waals surface area contributed by atoms with Crippen molar-refractivity contribution in [2.24, 2.45) is 0 Å². The van der Waals surface area contributed by atoms with E-state index in [0.29, 0.717) is 17.2 Å². The van der Waals surface area contributed by atoms with E-state index in [2.05, 4.69) is 0 Å². The summed E-state index contributed by atoms with van der Waals surface area (Å²) in [5, 5.41) is 11.7. The number of aliphatic hydroxyl groups excluding tert-OH is 1. The number of amides is 1. The van der Waals surface area contributed by atoms with Gasteiger partial charge >= 0.3 is 0 Å². The first-order valence-electron chi connectivity index (χ1n) is 10.5. The summed E-state index contributed by atoms with van der Waals surface area (Å²) in [4.78, 5) is 27.9. The number of halogens is 1. The Hall–Kier alpha value is -3.71. The van der Waals surface area contributed by atoms with Gasteiger partial charge in [0.1, 0.15) is 34.8 Å². The van der Waals surface area contributed by atoms with Gasteiger partial charge in [0.2, 0.25) is 0 Å². The summed E-state index contributed by atoms with van der Waals surface area (Å²) in [5.41, 5.74) is 2.56. The van der Waals surface area contributed by atoms with E-state index in [1.54, 1.807) is 25.1 Å². The van der Waals surface area contributed by atoms with Gasteiger partial charge in [0, 0.05) is 11.8 Å². The van der Waals surface area contributed by atoms with Crippen molar-refractivity contribution in [1.82, 2.24) is 0 Å². The van der Waals surface area contributed by atoms with Crippen LogP contribution >= 0.6 is 11.6 Å². The van der Waals surface area contributed by atoms with E-state index in [1.807, 2.05) is 26.0 Å². The largest absolute Gasteiger partial charge is 0.507 e. The maximum absolute atomic E-state index is 13.3. The Balaban J connectivity index is 1.99. The molecule has 1 fully saturated rings. The van der Waals surface area contributed by atoms with Crippen molar-refractivity contribution in [2.75, 3.05) is 19.1 Å². The molecular weight excluding hydrogens is 458 g/mol. The molecule has 0 bridgehead atoms. The van der Waals surface area contributed by atoms with Gasteiger partial charge in [-0.15, -0.1) is 0 Å². The first-order valence-corrected chi connectivity index (χ1v) is 10.9. The first-order chi connectivity index (χ1) is 16.2. The third-order valence-electron chi connectivity index (χ3n) is 5.97. The van der Waals surface area contributed by atoms with Gasteiger partial charge in [-0.2, -0.15) is 0 Å². The molecule has 8 heteroatoms. The number of Topliss-reactive ketones (excluding diaryl/α,β-unsaturated/α-hetero) is 1. The third kappa shape index (κ3) is 3.82. The van der Waals surface area contributed by atoms with Gasteiger partial charge in [-0.3, -0.25) is 14.5 Å². The Labute approximate surface area is 202 Å². The van der Waals surface area contributed by atoms with E-state index in [0.717, 1.165) is 11.1 Å². The summed E-state index contributed by atoms with van der Waals surface area (Å²) in [7, 11) is 2.84. The molecule has 176 valence electrons. The van der Waals surface area contributed by atoms with Crippen LogP contribution in [0.1, 0.15) is 34.3 Å². The van der Waals surface area contributed by atoms with Gasteiger partial charge in [-0.05, 0) is 62.2 Å². The first kappa shape index (κ1) is 23.4. The highest BCUT2D eigenvalue weighted by Crippen LogP contribution is 2.45. The lowest BCUT2D eigenvalue weighted by Crippen LogP contribution is -2.29. The number of furan rings is 1. The summed E-state index contributed by atoms with van der Waals surface area (Å²) in [6.45, 7) is 5.64. The second-order valence-corrected chi connectivity index (χ2v) is 8.48. The molecule has 4 rings (SSSR count). The number of methoxy groups -OCH3 is 2. The van der Waals surface area contributed by atoms with E-state index >= 15 is 0 Å². The monoisotopic (exact) mass is 481 g/mol. The summed E-state index contributed by atoms with van der Waals surface area (Å²) in [6.07, 6.45) is 0. The van der Waals surface area contributed by atoms with Crippen LogP contribution in [0.15, 0.2) is 52.5 Å². The standard InChI is InChI=1S/C26H24ClNO6/c1-13-6-8-16(10-14(13)2)28-23(19-9-7-15(3)34-19)22(25(30)26(28)31)24(29)17-11-21(33-5)18(27)12-20(17)32-4/h6-12,23,29H,1-5H3/b24-22+. The van der Waals surface area contributed by atoms with Crippen molar-refractivity contribution in [2.45, 2.75) is 26.8 Å². The van der Waals surface area contributed by atoms with E-state index in [-0.39, 0.29) is 27.7 Å². The van der Waals surface area contributed by atoms with Crippen LogP contribution in [-0.2, 0) is 9.59 Å². The minimum absolute atomic E-state index is 0.125. The summed E-state index contributed by atoms with van der Waals surface area (Å²) in [5.74, 6) is -0.597. The summed E-state index contributed by atoms with van der Waals surface area (Å²) in [6, 6.07) is 10.8. The van der Waals surface area contributed by atoms with E-state index in [9.17, 15) is 14.7 Å². The van der Waals surface area contributed by atoms with Crippen LogP contribution in [-0.4, -0.2) is 31.0 Å². The lowest BCUT2D eigenvalue weighted by Gasteiger charge is -2.24. The van der Waals surface area contributed by atoms with Crippen molar-refractivity contribution in [3.8, 4) is 11.5 Å². The molecule has 0 radical (unpaired) electrons. The van der Waals surface area contributed by atoms with Crippen molar-refractivity contribution in [3.05, 3.63) is 81.3 Å². The van der Waals surface area contributed by atoms with Crippen molar-refractivity contribution >= 4 is 34.7 Å². The fraction of sp³-hybridized carbons (Fsp3) is 0.231. The smallest absolute Gasteiger partial charge is 0.300 e. The average Bonchev–Trinajstić information content (AvgIpc) is 3.35. The molecule has 0 aliphatic carbocycles. The Morgan fingerprint density at radius 3 is 2.26 bits per heavy atom. The number of nitrogens with zero attached hydrogens (tertiary/aromatic N) is 1. The van der Waals surface area contributed by atoms with Crippen molar-refractivity contribution in [1.29, 1.82) is 0 Å². The van der Waals surface area contributed by atoms with Crippen LogP contribution in [0.5, 0.6) is 11.5 Å². The van der Waals surface area contributed by atoms with Crippen molar-refractivity contribution < 1.29 is 28.6 Å². The van der Waals surface area contributed by atoms with Crippen LogP contribution in [0.4, 0.5) is 5.69 Å². The molecule has 2 heterocycles. The highest BCUT2D eigenvalue weighted by Gasteiger charge is 2.48. The Bertz CT molecular complexity index is 1340. The molecule has 3 aromatic rings. The number of rotatable bonds is 5. The van der Waals surface area contributed by atoms with Crippen LogP contribution in [0.3, 0.4) is 0 Å². The average molecular weight is 482 g/mol. The van der Waals surface area contributed by atoms with E-state index in [4.69, 9.17) is 25.5 Å². The second kappa shape index (κ2) is 8.91. The number of aryl methyl sites for hydroxylation is 3. The zero-order valence-corrected chi connectivity index (χ0v) is 20.2. The number of carbonyl (C=O) groups excluding carboxylic acids is 2. The minimum Gasteiger partial charge on any atom is -0.507 e. The Morgan fingerprint density at radius 1 is 0.971 bits per heavy atom. The molecule has 1 amide bonds. The van der Waals surface area contributed by atoms with E-state index < -0.39 is 23.5 Å². The molecule has 1 unspecified atom stereocenters. The zero-order chi connectivity index (χ0) is 24.7. The van der Waals surface area contributed by atoms with Gasteiger partial charge in [0.05, 0.1) is 30.4 Å². The number of carbonyl (C=O) groups is 2. The van der Waals surface area contributed by atoms with Crippen molar-refractivity contribution in [3.63, 3.8) is 0 Å².